The van der Waals surface area contributed by atoms with E-state index in [1.54, 1.807) is 12.1 Å². The summed E-state index contributed by atoms with van der Waals surface area (Å²) in [5.41, 5.74) is 0.659. The zero-order valence-electron chi connectivity index (χ0n) is 11.9. The van der Waals surface area contributed by atoms with Crippen molar-refractivity contribution >= 4 is 11.7 Å². The number of nitrogens with zero attached hydrogens (tertiary/aromatic N) is 2. The molecule has 7 nitrogen and oxygen atoms in total. The van der Waals surface area contributed by atoms with E-state index < -0.39 is 10.9 Å². The monoisotopic (exact) mass is 294 g/mol. The van der Waals surface area contributed by atoms with Crippen molar-refractivity contribution in [2.24, 2.45) is 0 Å². The molecule has 1 aliphatic rings. The lowest BCUT2D eigenvalue weighted by Gasteiger charge is -2.26. The van der Waals surface area contributed by atoms with Crippen molar-refractivity contribution in [1.82, 2.24) is 4.90 Å². The summed E-state index contributed by atoms with van der Waals surface area (Å²) in [7, 11) is 1.21. The Morgan fingerprint density at radius 2 is 2.14 bits per heavy atom. The lowest BCUT2D eigenvalue weighted by Crippen LogP contribution is -2.37. The van der Waals surface area contributed by atoms with E-state index in [1.807, 2.05) is 0 Å². The normalized spacial score (nSPS) is 15.7. The number of benzene rings is 1. The molecule has 0 radical (unpaired) electrons. The van der Waals surface area contributed by atoms with E-state index >= 15 is 0 Å². The molecule has 0 bridgehead atoms. The van der Waals surface area contributed by atoms with Gasteiger partial charge in [-0.15, -0.1) is 0 Å². The Bertz CT molecular complexity index is 526. The van der Waals surface area contributed by atoms with Crippen molar-refractivity contribution in [3.05, 3.63) is 39.4 Å². The zero-order chi connectivity index (χ0) is 15.2. The molecular weight excluding hydrogens is 276 g/mol. The number of nitro benzene ring substituents is 1. The van der Waals surface area contributed by atoms with E-state index in [0.717, 1.165) is 44.8 Å². The summed E-state index contributed by atoms with van der Waals surface area (Å²) in [6.45, 7) is 4.07. The molecule has 0 spiro atoms. The van der Waals surface area contributed by atoms with Crippen molar-refractivity contribution < 1.29 is 19.2 Å². The standard InChI is InChI=1S/C14H18N2O5/c1-20-14(17)12-10-11(2-3-13(12)16(18)19)4-5-15-6-8-21-9-7-15/h2-3,10H,4-9H2,1H3. The first-order valence-electron chi connectivity index (χ1n) is 6.77. The first kappa shape index (κ1) is 15.4. The molecule has 0 aromatic heterocycles. The summed E-state index contributed by atoms with van der Waals surface area (Å²) in [5, 5.41) is 10.9. The van der Waals surface area contributed by atoms with Crippen LogP contribution >= 0.6 is 0 Å². The number of esters is 1. The number of carbonyl (C=O) groups excluding carboxylic acids is 1. The molecule has 114 valence electrons. The third-order valence-electron chi connectivity index (χ3n) is 3.48. The smallest absolute Gasteiger partial charge is 0.344 e. The maximum atomic E-state index is 11.6. The van der Waals surface area contributed by atoms with Gasteiger partial charge in [-0.2, -0.15) is 0 Å². The second-order valence-corrected chi connectivity index (χ2v) is 4.80. The Morgan fingerprint density at radius 3 is 2.76 bits per heavy atom. The number of morpholine rings is 1. The van der Waals surface area contributed by atoms with Gasteiger partial charge in [-0.25, -0.2) is 4.79 Å². The van der Waals surface area contributed by atoms with Crippen LogP contribution in [-0.2, 0) is 15.9 Å². The van der Waals surface area contributed by atoms with Crippen molar-refractivity contribution in [3.8, 4) is 0 Å². The van der Waals surface area contributed by atoms with Gasteiger partial charge in [-0.3, -0.25) is 15.0 Å². The van der Waals surface area contributed by atoms with Crippen LogP contribution in [0.1, 0.15) is 15.9 Å². The Balaban J connectivity index is 2.09. The molecule has 1 aromatic rings. The first-order chi connectivity index (χ1) is 10.1. The molecule has 0 N–H and O–H groups in total. The molecule has 1 heterocycles. The zero-order valence-corrected chi connectivity index (χ0v) is 11.9. The van der Waals surface area contributed by atoms with Crippen LogP contribution in [-0.4, -0.2) is 55.8 Å². The summed E-state index contributed by atoms with van der Waals surface area (Å²) in [6, 6.07) is 4.59. The number of ether oxygens (including phenoxy) is 2. The highest BCUT2D eigenvalue weighted by Gasteiger charge is 2.21. The minimum Gasteiger partial charge on any atom is -0.465 e. The van der Waals surface area contributed by atoms with Gasteiger partial charge < -0.3 is 9.47 Å². The van der Waals surface area contributed by atoms with Gasteiger partial charge in [0, 0.05) is 25.7 Å². The number of nitro groups is 1. The topological polar surface area (TPSA) is 81.9 Å². The summed E-state index contributed by atoms with van der Waals surface area (Å²) >= 11 is 0. The fraction of sp³-hybridized carbons (Fsp3) is 0.500. The second kappa shape index (κ2) is 7.14. The van der Waals surface area contributed by atoms with E-state index in [0.29, 0.717) is 0 Å². The molecule has 0 unspecified atom stereocenters. The predicted octanol–water partition coefficient (Wildman–Crippen LogP) is 1.26. The van der Waals surface area contributed by atoms with Gasteiger partial charge in [0.2, 0.25) is 0 Å². The maximum absolute atomic E-state index is 11.6. The molecule has 1 aromatic carbocycles. The number of methoxy groups -OCH3 is 1. The fourth-order valence-electron chi connectivity index (χ4n) is 2.28. The van der Waals surface area contributed by atoms with Gasteiger partial charge in [0.05, 0.1) is 25.2 Å². The maximum Gasteiger partial charge on any atom is 0.344 e. The molecule has 7 heteroatoms. The first-order valence-corrected chi connectivity index (χ1v) is 6.77. The average Bonchev–Trinajstić information content (AvgIpc) is 2.52. The molecule has 0 atom stereocenters. The molecule has 1 saturated heterocycles. The lowest BCUT2D eigenvalue weighted by molar-refractivity contribution is -0.385. The third kappa shape index (κ3) is 3.99. The Morgan fingerprint density at radius 1 is 1.43 bits per heavy atom. The van der Waals surface area contributed by atoms with Crippen LogP contribution in [0.25, 0.3) is 0 Å². The van der Waals surface area contributed by atoms with Crippen LogP contribution in [0, 0.1) is 10.1 Å². The third-order valence-corrected chi connectivity index (χ3v) is 3.48. The van der Waals surface area contributed by atoms with E-state index in [2.05, 4.69) is 9.64 Å². The van der Waals surface area contributed by atoms with Crippen LogP contribution in [0.5, 0.6) is 0 Å². The number of hydrogen-bond donors (Lipinski definition) is 0. The Labute approximate surface area is 122 Å². The van der Waals surface area contributed by atoms with E-state index in [9.17, 15) is 14.9 Å². The fourth-order valence-corrected chi connectivity index (χ4v) is 2.28. The minimum atomic E-state index is -0.685. The highest BCUT2D eigenvalue weighted by Crippen LogP contribution is 2.21. The molecule has 0 saturated carbocycles. The SMILES string of the molecule is COC(=O)c1cc(CCN2CCOCC2)ccc1[N+](=O)[O-]. The Kier molecular flexibility index (Phi) is 5.24. The lowest BCUT2D eigenvalue weighted by atomic mass is 10.1. The average molecular weight is 294 g/mol. The molecule has 1 aliphatic heterocycles. The minimum absolute atomic E-state index is 0.00183. The highest BCUT2D eigenvalue weighted by atomic mass is 16.6. The van der Waals surface area contributed by atoms with Crippen molar-refractivity contribution in [3.63, 3.8) is 0 Å². The van der Waals surface area contributed by atoms with E-state index in [-0.39, 0.29) is 11.3 Å². The second-order valence-electron chi connectivity index (χ2n) is 4.80. The van der Waals surface area contributed by atoms with Crippen molar-refractivity contribution in [2.45, 2.75) is 6.42 Å². The molecule has 2 rings (SSSR count). The van der Waals surface area contributed by atoms with Gasteiger partial charge in [-0.1, -0.05) is 6.07 Å². The largest absolute Gasteiger partial charge is 0.465 e. The molecular formula is C14H18N2O5. The predicted molar refractivity (Wildman–Crippen MR) is 75.4 cm³/mol. The van der Waals surface area contributed by atoms with E-state index in [1.165, 1.54) is 13.2 Å². The van der Waals surface area contributed by atoms with Crippen LogP contribution < -0.4 is 0 Å². The molecule has 0 amide bonds. The summed E-state index contributed by atoms with van der Waals surface area (Å²) < 4.78 is 9.89. The van der Waals surface area contributed by atoms with Gasteiger partial charge >= 0.3 is 5.97 Å². The van der Waals surface area contributed by atoms with E-state index in [4.69, 9.17) is 4.74 Å². The summed E-state index contributed by atoms with van der Waals surface area (Å²) in [4.78, 5) is 24.3. The quantitative estimate of drug-likeness (QED) is 0.462. The molecule has 1 fully saturated rings. The van der Waals surface area contributed by atoms with Gasteiger partial charge in [0.25, 0.3) is 5.69 Å². The van der Waals surface area contributed by atoms with Gasteiger partial charge in [0.1, 0.15) is 5.56 Å². The van der Waals surface area contributed by atoms with Gasteiger partial charge in [-0.05, 0) is 18.1 Å². The number of carbonyl (C=O) groups is 1. The summed E-state index contributed by atoms with van der Waals surface area (Å²) in [5.74, 6) is -0.685. The number of rotatable bonds is 5. The van der Waals surface area contributed by atoms with Crippen LogP contribution in [0.4, 0.5) is 5.69 Å². The van der Waals surface area contributed by atoms with Crippen molar-refractivity contribution in [1.29, 1.82) is 0 Å². The van der Waals surface area contributed by atoms with Crippen LogP contribution in [0.3, 0.4) is 0 Å². The summed E-state index contributed by atoms with van der Waals surface area (Å²) in [6.07, 6.45) is 0.724. The van der Waals surface area contributed by atoms with Crippen LogP contribution in [0.2, 0.25) is 0 Å². The van der Waals surface area contributed by atoms with Crippen LogP contribution in [0.15, 0.2) is 18.2 Å². The van der Waals surface area contributed by atoms with Crippen molar-refractivity contribution in [2.75, 3.05) is 40.0 Å². The highest BCUT2D eigenvalue weighted by molar-refractivity contribution is 5.94. The molecule has 0 aliphatic carbocycles. The number of hydrogen-bond acceptors (Lipinski definition) is 6. The Hall–Kier alpha value is -1.99. The molecule has 21 heavy (non-hydrogen) atoms. The van der Waals surface area contributed by atoms with Gasteiger partial charge in [0.15, 0.2) is 0 Å².